The minimum Gasteiger partial charge on any atom is -0.332 e. The van der Waals surface area contributed by atoms with Gasteiger partial charge in [-0.15, -0.1) is 0 Å². The molecule has 0 saturated carbocycles. The second-order valence-electron chi connectivity index (χ2n) is 5.76. The van der Waals surface area contributed by atoms with Crippen molar-refractivity contribution in [1.82, 2.24) is 9.78 Å². The van der Waals surface area contributed by atoms with E-state index in [-0.39, 0.29) is 22.4 Å². The number of thiocarbonyl (C=S) groups is 1. The van der Waals surface area contributed by atoms with E-state index in [1.54, 1.807) is 18.3 Å². The van der Waals surface area contributed by atoms with Gasteiger partial charge in [-0.05, 0) is 42.5 Å². The van der Waals surface area contributed by atoms with Crippen LogP contribution < -0.4 is 10.6 Å². The fraction of sp³-hybridized carbons (Fsp3) is 0.111. The van der Waals surface area contributed by atoms with Crippen LogP contribution >= 0.6 is 23.8 Å². The van der Waals surface area contributed by atoms with Crippen LogP contribution in [0.2, 0.25) is 5.02 Å². The molecule has 1 aromatic heterocycles. The van der Waals surface area contributed by atoms with Gasteiger partial charge in [0.15, 0.2) is 10.9 Å². The Kier molecular flexibility index (Phi) is 5.85. The Hall–Kier alpha value is -2.65. The van der Waals surface area contributed by atoms with Gasteiger partial charge in [0.25, 0.3) is 0 Å². The zero-order valence-corrected chi connectivity index (χ0v) is 15.7. The van der Waals surface area contributed by atoms with Crippen LogP contribution in [0.25, 0.3) is 0 Å². The van der Waals surface area contributed by atoms with Crippen LogP contribution in [0.15, 0.2) is 54.7 Å². The van der Waals surface area contributed by atoms with Crippen molar-refractivity contribution in [3.8, 4) is 0 Å². The Morgan fingerprint density at radius 1 is 1.11 bits per heavy atom. The van der Waals surface area contributed by atoms with Gasteiger partial charge in [-0.2, -0.15) is 18.3 Å². The van der Waals surface area contributed by atoms with Crippen LogP contribution in [-0.2, 0) is 12.7 Å². The summed E-state index contributed by atoms with van der Waals surface area (Å²) in [6, 6.07) is 10.6. The number of rotatable bonds is 4. The highest BCUT2D eigenvalue weighted by atomic mass is 35.5. The average Bonchev–Trinajstić information content (AvgIpc) is 3.04. The van der Waals surface area contributed by atoms with Crippen molar-refractivity contribution in [2.45, 2.75) is 12.7 Å². The molecule has 0 atom stereocenters. The smallest absolute Gasteiger partial charge is 0.332 e. The summed E-state index contributed by atoms with van der Waals surface area (Å²) in [7, 11) is 0. The Morgan fingerprint density at radius 2 is 1.86 bits per heavy atom. The number of aromatic nitrogens is 2. The number of anilines is 2. The molecule has 0 aliphatic carbocycles. The number of hydrogen-bond acceptors (Lipinski definition) is 2. The molecule has 0 fully saturated rings. The molecular weight excluding hydrogens is 416 g/mol. The molecule has 0 spiro atoms. The zero-order valence-electron chi connectivity index (χ0n) is 14.1. The van der Waals surface area contributed by atoms with Gasteiger partial charge in [-0.1, -0.05) is 23.7 Å². The highest BCUT2D eigenvalue weighted by molar-refractivity contribution is 7.80. The van der Waals surface area contributed by atoms with Crippen molar-refractivity contribution in [1.29, 1.82) is 0 Å². The van der Waals surface area contributed by atoms with Gasteiger partial charge < -0.3 is 10.6 Å². The monoisotopic (exact) mass is 428 g/mol. The highest BCUT2D eigenvalue weighted by Crippen LogP contribution is 2.30. The predicted octanol–water partition coefficient (Wildman–Crippen LogP) is 5.55. The maximum atomic E-state index is 13.9. The number of alkyl halides is 3. The molecule has 10 heteroatoms. The number of halogens is 5. The van der Waals surface area contributed by atoms with Gasteiger partial charge in [0, 0.05) is 28.5 Å². The molecule has 28 heavy (non-hydrogen) atoms. The van der Waals surface area contributed by atoms with Gasteiger partial charge >= 0.3 is 6.18 Å². The van der Waals surface area contributed by atoms with Crippen molar-refractivity contribution in [2.24, 2.45) is 0 Å². The second kappa shape index (κ2) is 8.15. The van der Waals surface area contributed by atoms with Crippen molar-refractivity contribution < 1.29 is 17.6 Å². The summed E-state index contributed by atoms with van der Waals surface area (Å²) in [6.45, 7) is 0.112. The Balaban J connectivity index is 1.64. The van der Waals surface area contributed by atoms with Crippen molar-refractivity contribution in [3.63, 3.8) is 0 Å². The summed E-state index contributed by atoms with van der Waals surface area (Å²) >= 11 is 11.1. The molecule has 0 radical (unpaired) electrons. The van der Waals surface area contributed by atoms with E-state index in [1.165, 1.54) is 28.9 Å². The van der Waals surface area contributed by atoms with Gasteiger partial charge in [0.05, 0.1) is 12.1 Å². The number of benzene rings is 2. The normalized spacial score (nSPS) is 11.3. The van der Waals surface area contributed by atoms with Crippen molar-refractivity contribution >= 4 is 40.4 Å². The number of nitrogens with one attached hydrogen (secondary N) is 2. The second-order valence-corrected chi connectivity index (χ2v) is 6.57. The maximum Gasteiger partial charge on any atom is 0.416 e. The number of nitrogens with zero attached hydrogens (tertiary/aromatic N) is 2. The standard InChI is InChI=1S/C18H13ClF4N4S/c19-14-5-2-6-15(20)13(14)10-27-8-7-16(26-27)25-17(28)24-12-4-1-3-11(9-12)18(21,22)23/h1-9H,10H2,(H2,24,25,26,28). The largest absolute Gasteiger partial charge is 0.416 e. The summed E-state index contributed by atoms with van der Waals surface area (Å²) in [5.41, 5.74) is -0.306. The molecule has 3 aromatic rings. The molecule has 0 amide bonds. The molecule has 3 rings (SSSR count). The maximum absolute atomic E-state index is 13.9. The third-order valence-corrected chi connectivity index (χ3v) is 4.27. The molecule has 0 aliphatic rings. The lowest BCUT2D eigenvalue weighted by Crippen LogP contribution is -2.20. The molecular formula is C18H13ClF4N4S. The molecule has 1 heterocycles. The Morgan fingerprint density at radius 3 is 2.57 bits per heavy atom. The third-order valence-electron chi connectivity index (χ3n) is 3.71. The molecule has 0 unspecified atom stereocenters. The van der Waals surface area contributed by atoms with E-state index in [9.17, 15) is 17.6 Å². The fourth-order valence-corrected chi connectivity index (χ4v) is 2.86. The molecule has 0 bridgehead atoms. The lowest BCUT2D eigenvalue weighted by molar-refractivity contribution is -0.137. The van der Waals surface area contributed by atoms with E-state index in [2.05, 4.69) is 15.7 Å². The van der Waals surface area contributed by atoms with E-state index in [0.29, 0.717) is 11.4 Å². The van der Waals surface area contributed by atoms with E-state index < -0.39 is 17.6 Å². The summed E-state index contributed by atoms with van der Waals surface area (Å²) < 4.78 is 53.6. The molecule has 2 aromatic carbocycles. The first-order chi connectivity index (χ1) is 13.2. The quantitative estimate of drug-likeness (QED) is 0.422. The fourth-order valence-electron chi connectivity index (χ4n) is 2.41. The van der Waals surface area contributed by atoms with Crippen molar-refractivity contribution in [2.75, 3.05) is 10.6 Å². The first-order valence-electron chi connectivity index (χ1n) is 7.94. The van der Waals surface area contributed by atoms with E-state index in [0.717, 1.165) is 12.1 Å². The SMILES string of the molecule is Fc1cccc(Cl)c1Cn1ccc(NC(=S)Nc2cccc(C(F)(F)F)c2)n1. The average molecular weight is 429 g/mol. The topological polar surface area (TPSA) is 41.9 Å². The highest BCUT2D eigenvalue weighted by Gasteiger charge is 2.30. The van der Waals surface area contributed by atoms with E-state index in [1.807, 2.05) is 0 Å². The Labute approximate surface area is 168 Å². The van der Waals surface area contributed by atoms with Gasteiger partial charge in [-0.25, -0.2) is 4.39 Å². The summed E-state index contributed by atoms with van der Waals surface area (Å²) in [5, 5.41) is 9.98. The summed E-state index contributed by atoms with van der Waals surface area (Å²) in [5.74, 6) is -0.101. The molecule has 0 saturated heterocycles. The number of hydrogen-bond donors (Lipinski definition) is 2. The minimum absolute atomic E-state index is 0.0634. The van der Waals surface area contributed by atoms with Gasteiger partial charge in [-0.3, -0.25) is 4.68 Å². The zero-order chi connectivity index (χ0) is 20.3. The van der Waals surface area contributed by atoms with Crippen LogP contribution in [0.4, 0.5) is 29.1 Å². The van der Waals surface area contributed by atoms with Crippen LogP contribution in [-0.4, -0.2) is 14.9 Å². The van der Waals surface area contributed by atoms with Crippen LogP contribution in [0.5, 0.6) is 0 Å². The molecule has 146 valence electrons. The van der Waals surface area contributed by atoms with E-state index >= 15 is 0 Å². The van der Waals surface area contributed by atoms with Gasteiger partial charge in [0.2, 0.25) is 0 Å². The summed E-state index contributed by atoms with van der Waals surface area (Å²) in [6.07, 6.45) is -2.85. The Bertz CT molecular complexity index is 983. The predicted molar refractivity (Wildman–Crippen MR) is 104 cm³/mol. The van der Waals surface area contributed by atoms with Crippen LogP contribution in [0.3, 0.4) is 0 Å². The lowest BCUT2D eigenvalue weighted by atomic mass is 10.2. The minimum atomic E-state index is -4.44. The van der Waals surface area contributed by atoms with Gasteiger partial charge in [0.1, 0.15) is 5.82 Å². The molecule has 0 aliphatic heterocycles. The summed E-state index contributed by atoms with van der Waals surface area (Å²) in [4.78, 5) is 0. The van der Waals surface area contributed by atoms with Crippen molar-refractivity contribution in [3.05, 3.63) is 76.7 Å². The molecule has 2 N–H and O–H groups in total. The van der Waals surface area contributed by atoms with Crippen LogP contribution in [0, 0.1) is 5.82 Å². The first-order valence-corrected chi connectivity index (χ1v) is 8.72. The first kappa shape index (κ1) is 20.1. The van der Waals surface area contributed by atoms with Crippen LogP contribution in [0.1, 0.15) is 11.1 Å². The lowest BCUT2D eigenvalue weighted by Gasteiger charge is -2.11. The van der Waals surface area contributed by atoms with E-state index in [4.69, 9.17) is 23.8 Å². The molecule has 4 nitrogen and oxygen atoms in total. The third kappa shape index (κ3) is 4.99.